The summed E-state index contributed by atoms with van der Waals surface area (Å²) in [5, 5.41) is 7.22. The highest BCUT2D eigenvalue weighted by Gasteiger charge is 2.44. The average Bonchev–Trinajstić information content (AvgIpc) is 3.22. The minimum Gasteiger partial charge on any atom is -0.324 e. The van der Waals surface area contributed by atoms with Crippen molar-refractivity contribution in [3.63, 3.8) is 0 Å². The summed E-state index contributed by atoms with van der Waals surface area (Å²) in [6, 6.07) is 14.0. The highest BCUT2D eigenvalue weighted by Crippen LogP contribution is 2.48. The summed E-state index contributed by atoms with van der Waals surface area (Å²) >= 11 is 3.44. The molecule has 1 amide bonds. The molecule has 2 atom stereocenters. The van der Waals surface area contributed by atoms with E-state index in [-0.39, 0.29) is 23.6 Å². The van der Waals surface area contributed by atoms with Crippen molar-refractivity contribution in [2.45, 2.75) is 12.3 Å². The molecule has 1 aromatic heterocycles. The van der Waals surface area contributed by atoms with Gasteiger partial charge < -0.3 is 5.32 Å². The van der Waals surface area contributed by atoms with Crippen molar-refractivity contribution in [1.82, 2.24) is 9.78 Å². The first kappa shape index (κ1) is 16.0. The number of amides is 1. The molecule has 1 N–H and O–H groups in total. The van der Waals surface area contributed by atoms with Crippen molar-refractivity contribution in [2.24, 2.45) is 5.92 Å². The summed E-state index contributed by atoms with van der Waals surface area (Å²) in [6.07, 6.45) is 4.25. The smallest absolute Gasteiger partial charge is 0.228 e. The van der Waals surface area contributed by atoms with Crippen LogP contribution >= 0.6 is 15.9 Å². The molecule has 1 saturated carbocycles. The third kappa shape index (κ3) is 3.35. The third-order valence-electron chi connectivity index (χ3n) is 4.37. The molecule has 4 nitrogen and oxygen atoms in total. The zero-order valence-electron chi connectivity index (χ0n) is 13.2. The van der Waals surface area contributed by atoms with Crippen LogP contribution in [0.25, 0.3) is 5.69 Å². The van der Waals surface area contributed by atoms with Crippen molar-refractivity contribution < 1.29 is 9.18 Å². The van der Waals surface area contributed by atoms with Gasteiger partial charge in [-0.3, -0.25) is 4.79 Å². The fourth-order valence-electron chi connectivity index (χ4n) is 3.04. The minimum absolute atomic E-state index is 0.0548. The van der Waals surface area contributed by atoms with Gasteiger partial charge in [0.1, 0.15) is 5.82 Å². The first-order valence-corrected chi connectivity index (χ1v) is 8.77. The Morgan fingerprint density at radius 3 is 2.88 bits per heavy atom. The molecule has 0 aliphatic heterocycles. The Morgan fingerprint density at radius 1 is 1.24 bits per heavy atom. The number of halogens is 2. The van der Waals surface area contributed by atoms with Crippen LogP contribution < -0.4 is 5.32 Å². The second-order valence-electron chi connectivity index (χ2n) is 6.11. The highest BCUT2D eigenvalue weighted by atomic mass is 79.9. The van der Waals surface area contributed by atoms with Gasteiger partial charge in [0, 0.05) is 22.8 Å². The Hall–Kier alpha value is -2.47. The molecule has 6 heteroatoms. The number of hydrogen-bond acceptors (Lipinski definition) is 2. The molecule has 1 heterocycles. The molecule has 0 radical (unpaired) electrons. The molecular formula is C19H15BrFN3O. The number of nitrogens with one attached hydrogen (secondary N) is 1. The largest absolute Gasteiger partial charge is 0.324 e. The van der Waals surface area contributed by atoms with Crippen LogP contribution in [0, 0.1) is 11.7 Å². The number of hydrogen-bond donors (Lipinski definition) is 1. The highest BCUT2D eigenvalue weighted by molar-refractivity contribution is 9.10. The number of benzene rings is 2. The van der Waals surface area contributed by atoms with E-state index >= 15 is 0 Å². The lowest BCUT2D eigenvalue weighted by molar-refractivity contribution is -0.117. The number of aromatic nitrogens is 2. The van der Waals surface area contributed by atoms with Gasteiger partial charge in [0.25, 0.3) is 0 Å². The Bertz CT molecular complexity index is 926. The van der Waals surface area contributed by atoms with E-state index in [1.165, 1.54) is 12.1 Å². The second-order valence-corrected chi connectivity index (χ2v) is 7.02. The number of carbonyl (C=O) groups excluding carboxylic acids is 1. The van der Waals surface area contributed by atoms with E-state index in [1.54, 1.807) is 16.9 Å². The molecule has 0 spiro atoms. The van der Waals surface area contributed by atoms with Gasteiger partial charge >= 0.3 is 0 Å². The molecule has 1 aliphatic rings. The van der Waals surface area contributed by atoms with Gasteiger partial charge in [0.15, 0.2) is 0 Å². The number of nitrogens with zero attached hydrogens (tertiary/aromatic N) is 2. The van der Waals surface area contributed by atoms with Crippen LogP contribution in [0.5, 0.6) is 0 Å². The summed E-state index contributed by atoms with van der Waals surface area (Å²) in [7, 11) is 0. The monoisotopic (exact) mass is 399 g/mol. The summed E-state index contributed by atoms with van der Waals surface area (Å²) in [4.78, 5) is 12.6. The van der Waals surface area contributed by atoms with Crippen LogP contribution in [-0.4, -0.2) is 15.7 Å². The predicted octanol–water partition coefficient (Wildman–Crippen LogP) is 4.52. The van der Waals surface area contributed by atoms with E-state index in [4.69, 9.17) is 0 Å². The van der Waals surface area contributed by atoms with Gasteiger partial charge in [0.2, 0.25) is 5.91 Å². The van der Waals surface area contributed by atoms with Crippen molar-refractivity contribution >= 4 is 27.5 Å². The maximum Gasteiger partial charge on any atom is 0.228 e. The first-order valence-electron chi connectivity index (χ1n) is 7.98. The minimum atomic E-state index is -0.267. The predicted molar refractivity (Wildman–Crippen MR) is 97.1 cm³/mol. The molecule has 0 bridgehead atoms. The van der Waals surface area contributed by atoms with Gasteiger partial charge in [-0.15, -0.1) is 0 Å². The van der Waals surface area contributed by atoms with Gasteiger partial charge in [-0.1, -0.05) is 28.1 Å². The Kier molecular flexibility index (Phi) is 4.13. The number of rotatable bonds is 4. The van der Waals surface area contributed by atoms with Gasteiger partial charge in [-0.2, -0.15) is 5.10 Å². The lowest BCUT2D eigenvalue weighted by Gasteiger charge is -2.12. The van der Waals surface area contributed by atoms with Crippen molar-refractivity contribution in [3.05, 3.63) is 76.8 Å². The quantitative estimate of drug-likeness (QED) is 0.700. The molecule has 25 heavy (non-hydrogen) atoms. The molecule has 3 aromatic rings. The van der Waals surface area contributed by atoms with Crippen LogP contribution in [-0.2, 0) is 4.79 Å². The van der Waals surface area contributed by atoms with E-state index in [0.717, 1.165) is 22.1 Å². The van der Waals surface area contributed by atoms with Crippen molar-refractivity contribution in [1.29, 1.82) is 0 Å². The Labute approximate surface area is 152 Å². The van der Waals surface area contributed by atoms with Crippen LogP contribution in [0.2, 0.25) is 0 Å². The van der Waals surface area contributed by atoms with E-state index in [0.29, 0.717) is 5.69 Å². The van der Waals surface area contributed by atoms with Crippen LogP contribution in [0.15, 0.2) is 65.4 Å². The van der Waals surface area contributed by atoms with Crippen molar-refractivity contribution in [2.75, 3.05) is 5.32 Å². The number of carbonyl (C=O) groups is 1. The fraction of sp³-hybridized carbons (Fsp3) is 0.158. The molecule has 1 aliphatic carbocycles. The lowest BCUT2D eigenvalue weighted by atomic mass is 10.1. The standard InChI is InChI=1S/C19H15BrFN3O/c20-13-5-6-18(24-8-2-7-22-24)17(10-13)23-19(25)16-11-15(16)12-3-1-4-14(21)9-12/h1-10,15-16H,11H2,(H,23,25). The zero-order chi connectivity index (χ0) is 17.4. The summed E-state index contributed by atoms with van der Waals surface area (Å²) in [5.74, 6) is -0.375. The topological polar surface area (TPSA) is 46.9 Å². The first-order chi connectivity index (χ1) is 12.1. The Morgan fingerprint density at radius 2 is 2.12 bits per heavy atom. The SMILES string of the molecule is O=C(Nc1cc(Br)ccc1-n1cccn1)C1CC1c1cccc(F)c1. The van der Waals surface area contributed by atoms with Gasteiger partial charge in [0.05, 0.1) is 11.4 Å². The molecule has 126 valence electrons. The summed E-state index contributed by atoms with van der Waals surface area (Å²) < 4.78 is 15.9. The molecule has 4 rings (SSSR count). The normalized spacial score (nSPS) is 18.8. The third-order valence-corrected chi connectivity index (χ3v) is 4.86. The van der Waals surface area contributed by atoms with Crippen molar-refractivity contribution in [3.8, 4) is 5.69 Å². The molecule has 2 aromatic carbocycles. The van der Waals surface area contributed by atoms with E-state index < -0.39 is 0 Å². The maximum absolute atomic E-state index is 13.4. The van der Waals surface area contributed by atoms with E-state index in [9.17, 15) is 9.18 Å². The number of anilines is 1. The second kappa shape index (κ2) is 6.44. The molecule has 1 fully saturated rings. The van der Waals surface area contributed by atoms with Crippen LogP contribution in [0.3, 0.4) is 0 Å². The van der Waals surface area contributed by atoms with Crippen LogP contribution in [0.4, 0.5) is 10.1 Å². The Balaban J connectivity index is 1.53. The van der Waals surface area contributed by atoms with E-state index in [1.807, 2.05) is 36.5 Å². The molecule has 0 saturated heterocycles. The summed E-state index contributed by atoms with van der Waals surface area (Å²) in [5.41, 5.74) is 2.36. The average molecular weight is 400 g/mol. The maximum atomic E-state index is 13.4. The van der Waals surface area contributed by atoms with Gasteiger partial charge in [-0.05, 0) is 54.3 Å². The lowest BCUT2D eigenvalue weighted by Crippen LogP contribution is -2.16. The zero-order valence-corrected chi connectivity index (χ0v) is 14.8. The fourth-order valence-corrected chi connectivity index (χ4v) is 3.40. The molecular weight excluding hydrogens is 385 g/mol. The molecule has 2 unspecified atom stereocenters. The van der Waals surface area contributed by atoms with Crippen LogP contribution in [0.1, 0.15) is 17.9 Å². The van der Waals surface area contributed by atoms with Gasteiger partial charge in [-0.25, -0.2) is 9.07 Å². The summed E-state index contributed by atoms with van der Waals surface area (Å²) in [6.45, 7) is 0. The van der Waals surface area contributed by atoms with E-state index in [2.05, 4.69) is 26.3 Å².